The van der Waals surface area contributed by atoms with Crippen LogP contribution in [0.2, 0.25) is 0 Å². The van der Waals surface area contributed by atoms with Gasteiger partial charge in [-0.1, -0.05) is 5.16 Å². The summed E-state index contributed by atoms with van der Waals surface area (Å²) in [4.78, 5) is 4.39. The molecule has 3 rings (SSSR count). The number of rotatable bonds is 4. The smallest absolute Gasteiger partial charge is 0.256 e. The van der Waals surface area contributed by atoms with Crippen molar-refractivity contribution in [1.29, 1.82) is 0 Å². The molecule has 20 heavy (non-hydrogen) atoms. The molecular formula is C14H16N2O4. The standard InChI is InChI=1S/C14H16N2O4/c1-17-10-6-5-9(8-12(10)18-2)13-15-14(20-16-13)11-4-3-7-19-11/h5-6,8,11H,3-4,7H2,1-2H3. The van der Waals surface area contributed by atoms with Crippen molar-refractivity contribution in [3.05, 3.63) is 24.1 Å². The Morgan fingerprint density at radius 1 is 1.20 bits per heavy atom. The second kappa shape index (κ2) is 5.50. The molecule has 1 unspecified atom stereocenters. The van der Waals surface area contributed by atoms with Gasteiger partial charge in [0.05, 0.1) is 14.2 Å². The van der Waals surface area contributed by atoms with Gasteiger partial charge in [-0.05, 0) is 31.0 Å². The van der Waals surface area contributed by atoms with Gasteiger partial charge in [0.15, 0.2) is 11.5 Å². The number of methoxy groups -OCH3 is 2. The fourth-order valence-corrected chi connectivity index (χ4v) is 2.23. The minimum atomic E-state index is -0.0728. The molecule has 0 N–H and O–H groups in total. The van der Waals surface area contributed by atoms with Crippen molar-refractivity contribution in [2.24, 2.45) is 0 Å². The van der Waals surface area contributed by atoms with E-state index in [0.717, 1.165) is 25.0 Å². The normalized spacial score (nSPS) is 18.2. The third-order valence-corrected chi connectivity index (χ3v) is 3.29. The van der Waals surface area contributed by atoms with Crippen LogP contribution in [0.15, 0.2) is 22.7 Å². The summed E-state index contributed by atoms with van der Waals surface area (Å²) >= 11 is 0. The molecule has 0 bridgehead atoms. The number of aromatic nitrogens is 2. The van der Waals surface area contributed by atoms with E-state index in [1.54, 1.807) is 14.2 Å². The first-order valence-electron chi connectivity index (χ1n) is 6.49. The molecule has 1 aliphatic heterocycles. The van der Waals surface area contributed by atoms with Gasteiger partial charge in [0.2, 0.25) is 5.82 Å². The molecule has 6 nitrogen and oxygen atoms in total. The minimum absolute atomic E-state index is 0.0728. The van der Waals surface area contributed by atoms with Crippen LogP contribution in [0, 0.1) is 0 Å². The van der Waals surface area contributed by atoms with Crippen LogP contribution in [-0.2, 0) is 4.74 Å². The first-order valence-corrected chi connectivity index (χ1v) is 6.49. The first-order chi connectivity index (χ1) is 9.81. The summed E-state index contributed by atoms with van der Waals surface area (Å²) in [6, 6.07) is 5.50. The van der Waals surface area contributed by atoms with Crippen LogP contribution in [0.5, 0.6) is 11.5 Å². The van der Waals surface area contributed by atoms with E-state index in [-0.39, 0.29) is 6.10 Å². The van der Waals surface area contributed by atoms with Crippen LogP contribution in [0.4, 0.5) is 0 Å². The van der Waals surface area contributed by atoms with Crippen molar-refractivity contribution in [2.75, 3.05) is 20.8 Å². The van der Waals surface area contributed by atoms with Crippen molar-refractivity contribution in [2.45, 2.75) is 18.9 Å². The van der Waals surface area contributed by atoms with Crippen molar-refractivity contribution >= 4 is 0 Å². The third kappa shape index (κ3) is 2.34. The molecule has 6 heteroatoms. The fraction of sp³-hybridized carbons (Fsp3) is 0.429. The maximum Gasteiger partial charge on any atom is 0.256 e. The second-order valence-electron chi connectivity index (χ2n) is 4.53. The van der Waals surface area contributed by atoms with Gasteiger partial charge >= 0.3 is 0 Å². The zero-order chi connectivity index (χ0) is 13.9. The summed E-state index contributed by atoms with van der Waals surface area (Å²) in [5, 5.41) is 4.00. The molecule has 2 aromatic rings. The Hall–Kier alpha value is -2.08. The summed E-state index contributed by atoms with van der Waals surface area (Å²) in [5.74, 6) is 2.36. The van der Waals surface area contributed by atoms with Gasteiger partial charge in [0.1, 0.15) is 6.10 Å². The van der Waals surface area contributed by atoms with Crippen molar-refractivity contribution in [3.8, 4) is 22.9 Å². The van der Waals surface area contributed by atoms with Crippen LogP contribution in [0.25, 0.3) is 11.4 Å². The predicted octanol–water partition coefficient (Wildman–Crippen LogP) is 2.61. The highest BCUT2D eigenvalue weighted by Crippen LogP contribution is 2.33. The molecule has 1 aromatic carbocycles. The Kier molecular flexibility index (Phi) is 3.56. The number of benzene rings is 1. The highest BCUT2D eigenvalue weighted by Gasteiger charge is 2.24. The van der Waals surface area contributed by atoms with E-state index in [4.69, 9.17) is 18.7 Å². The average molecular weight is 276 g/mol. The third-order valence-electron chi connectivity index (χ3n) is 3.29. The second-order valence-corrected chi connectivity index (χ2v) is 4.53. The monoisotopic (exact) mass is 276 g/mol. The van der Waals surface area contributed by atoms with Crippen LogP contribution < -0.4 is 9.47 Å². The number of nitrogens with zero attached hydrogens (tertiary/aromatic N) is 2. The summed E-state index contributed by atoms with van der Waals surface area (Å²) in [5.41, 5.74) is 0.815. The maximum atomic E-state index is 5.53. The largest absolute Gasteiger partial charge is 0.493 e. The van der Waals surface area contributed by atoms with E-state index >= 15 is 0 Å². The van der Waals surface area contributed by atoms with Gasteiger partial charge in [-0.25, -0.2) is 0 Å². The number of hydrogen-bond donors (Lipinski definition) is 0. The maximum absolute atomic E-state index is 5.53. The number of ether oxygens (including phenoxy) is 3. The average Bonchev–Trinajstić information content (AvgIpc) is 3.16. The SMILES string of the molecule is COc1ccc(-c2noc(C3CCCO3)n2)cc1OC. The molecule has 0 aliphatic carbocycles. The Balaban J connectivity index is 1.88. The van der Waals surface area contributed by atoms with Crippen LogP contribution in [0.3, 0.4) is 0 Å². The lowest BCUT2D eigenvalue weighted by Crippen LogP contribution is -1.95. The quantitative estimate of drug-likeness (QED) is 0.855. The van der Waals surface area contributed by atoms with E-state index in [9.17, 15) is 0 Å². The Morgan fingerprint density at radius 2 is 2.05 bits per heavy atom. The Bertz CT molecular complexity index is 591. The molecule has 1 aromatic heterocycles. The Labute approximate surface area is 116 Å². The van der Waals surface area contributed by atoms with Crippen molar-refractivity contribution in [1.82, 2.24) is 10.1 Å². The summed E-state index contributed by atoms with van der Waals surface area (Å²) in [6.45, 7) is 0.749. The highest BCUT2D eigenvalue weighted by molar-refractivity contribution is 5.60. The van der Waals surface area contributed by atoms with Crippen molar-refractivity contribution in [3.63, 3.8) is 0 Å². The molecule has 1 atom stereocenters. The lowest BCUT2D eigenvalue weighted by molar-refractivity contribution is 0.0835. The zero-order valence-electron chi connectivity index (χ0n) is 11.5. The molecule has 1 fully saturated rings. The van der Waals surface area contributed by atoms with Crippen molar-refractivity contribution < 1.29 is 18.7 Å². The first kappa shape index (κ1) is 12.9. The van der Waals surface area contributed by atoms with E-state index in [1.807, 2.05) is 18.2 Å². The van der Waals surface area contributed by atoms with Gasteiger partial charge in [-0.2, -0.15) is 4.98 Å². The van der Waals surface area contributed by atoms with Gasteiger partial charge in [-0.15, -0.1) is 0 Å². The predicted molar refractivity (Wildman–Crippen MR) is 70.8 cm³/mol. The summed E-state index contributed by atoms with van der Waals surface area (Å²) in [6.07, 6.45) is 1.88. The van der Waals surface area contributed by atoms with E-state index in [1.165, 1.54) is 0 Å². The lowest BCUT2D eigenvalue weighted by atomic mass is 10.2. The van der Waals surface area contributed by atoms with Gasteiger partial charge < -0.3 is 18.7 Å². The van der Waals surface area contributed by atoms with E-state index < -0.39 is 0 Å². The molecular weight excluding hydrogens is 260 g/mol. The van der Waals surface area contributed by atoms with Crippen LogP contribution in [-0.4, -0.2) is 31.0 Å². The summed E-state index contributed by atoms with van der Waals surface area (Å²) in [7, 11) is 3.19. The van der Waals surface area contributed by atoms with Gasteiger partial charge in [-0.3, -0.25) is 0 Å². The molecule has 106 valence electrons. The molecule has 0 radical (unpaired) electrons. The molecule has 0 amide bonds. The topological polar surface area (TPSA) is 66.6 Å². The summed E-state index contributed by atoms with van der Waals surface area (Å²) < 4.78 is 21.3. The highest BCUT2D eigenvalue weighted by atomic mass is 16.5. The molecule has 1 saturated heterocycles. The molecule has 0 saturated carbocycles. The molecule has 0 spiro atoms. The fourth-order valence-electron chi connectivity index (χ4n) is 2.23. The molecule has 2 heterocycles. The molecule has 1 aliphatic rings. The lowest BCUT2D eigenvalue weighted by Gasteiger charge is -2.07. The minimum Gasteiger partial charge on any atom is -0.493 e. The van der Waals surface area contributed by atoms with Gasteiger partial charge in [0, 0.05) is 12.2 Å². The van der Waals surface area contributed by atoms with Crippen LogP contribution in [0.1, 0.15) is 24.8 Å². The van der Waals surface area contributed by atoms with E-state index in [0.29, 0.717) is 23.2 Å². The Morgan fingerprint density at radius 3 is 2.75 bits per heavy atom. The van der Waals surface area contributed by atoms with Gasteiger partial charge in [0.25, 0.3) is 5.89 Å². The van der Waals surface area contributed by atoms with Crippen LogP contribution >= 0.6 is 0 Å². The number of hydrogen-bond acceptors (Lipinski definition) is 6. The zero-order valence-corrected chi connectivity index (χ0v) is 11.5. The van der Waals surface area contributed by atoms with E-state index in [2.05, 4.69) is 10.1 Å².